The van der Waals surface area contributed by atoms with Gasteiger partial charge in [-0.15, -0.1) is 11.3 Å². The van der Waals surface area contributed by atoms with E-state index >= 15 is 0 Å². The number of aromatic nitrogens is 3. The third kappa shape index (κ3) is 2.91. The van der Waals surface area contributed by atoms with Crippen molar-refractivity contribution in [3.8, 4) is 0 Å². The van der Waals surface area contributed by atoms with Gasteiger partial charge in [0.15, 0.2) is 5.65 Å². The maximum atomic E-state index is 12.3. The van der Waals surface area contributed by atoms with Gasteiger partial charge in [-0.2, -0.15) is 5.10 Å². The number of imidazole rings is 1. The Kier molecular flexibility index (Phi) is 3.90. The smallest absolute Gasteiger partial charge is 0.272 e. The number of nitrogens with zero attached hydrogens (tertiary/aromatic N) is 3. The Balaban J connectivity index is 1.83. The molecule has 7 heteroatoms. The first-order chi connectivity index (χ1) is 10.2. The van der Waals surface area contributed by atoms with E-state index in [-0.39, 0.29) is 11.9 Å². The predicted octanol–water partition coefficient (Wildman–Crippen LogP) is 3.33. The van der Waals surface area contributed by atoms with Crippen LogP contribution in [0.15, 0.2) is 35.8 Å². The summed E-state index contributed by atoms with van der Waals surface area (Å²) in [7, 11) is 0. The summed E-state index contributed by atoms with van der Waals surface area (Å²) in [4.78, 5) is 17.7. The molecule has 0 aliphatic carbocycles. The van der Waals surface area contributed by atoms with Crippen molar-refractivity contribution in [2.24, 2.45) is 0 Å². The maximum Gasteiger partial charge on any atom is 0.272 e. The molecule has 0 unspecified atom stereocenters. The van der Waals surface area contributed by atoms with Crippen molar-refractivity contribution in [3.05, 3.63) is 51.6 Å². The normalized spacial score (nSPS) is 12.5. The molecular weight excluding hydrogens is 308 g/mol. The van der Waals surface area contributed by atoms with E-state index in [0.717, 1.165) is 11.3 Å². The minimum atomic E-state index is -0.211. The molecule has 0 aliphatic heterocycles. The largest absolute Gasteiger partial charge is 0.343 e. The lowest BCUT2D eigenvalue weighted by atomic mass is 10.2. The van der Waals surface area contributed by atoms with E-state index in [1.807, 2.05) is 24.4 Å². The quantitative estimate of drug-likeness (QED) is 0.802. The predicted molar refractivity (Wildman–Crippen MR) is 82.8 cm³/mol. The molecule has 3 rings (SSSR count). The van der Waals surface area contributed by atoms with E-state index in [4.69, 9.17) is 11.6 Å². The number of carbonyl (C=O) groups excluding carboxylic acids is 1. The summed E-state index contributed by atoms with van der Waals surface area (Å²) in [5.74, 6) is -0.211. The van der Waals surface area contributed by atoms with Crippen LogP contribution in [-0.2, 0) is 0 Å². The van der Waals surface area contributed by atoms with Crippen LogP contribution in [-0.4, -0.2) is 20.5 Å². The van der Waals surface area contributed by atoms with Crippen LogP contribution in [0.3, 0.4) is 0 Å². The van der Waals surface area contributed by atoms with Crippen LogP contribution >= 0.6 is 22.9 Å². The highest BCUT2D eigenvalue weighted by Crippen LogP contribution is 2.22. The average molecular weight is 321 g/mol. The molecule has 21 heavy (non-hydrogen) atoms. The van der Waals surface area contributed by atoms with Crippen molar-refractivity contribution < 1.29 is 4.79 Å². The number of carbonyl (C=O) groups is 1. The van der Waals surface area contributed by atoms with E-state index in [0.29, 0.717) is 16.5 Å². The summed E-state index contributed by atoms with van der Waals surface area (Å²) >= 11 is 7.45. The van der Waals surface area contributed by atoms with Crippen LogP contribution < -0.4 is 5.32 Å². The molecule has 3 aromatic rings. The van der Waals surface area contributed by atoms with Gasteiger partial charge in [-0.05, 0) is 30.0 Å². The fraction of sp³-hybridized carbons (Fsp3) is 0.214. The van der Waals surface area contributed by atoms with Crippen molar-refractivity contribution in [1.29, 1.82) is 0 Å². The monoisotopic (exact) mass is 320 g/mol. The molecule has 0 radical (unpaired) electrons. The van der Waals surface area contributed by atoms with Crippen LogP contribution in [0.5, 0.6) is 0 Å². The molecule has 0 aromatic carbocycles. The first kappa shape index (κ1) is 14.0. The lowest BCUT2D eigenvalue weighted by Gasteiger charge is -2.14. The van der Waals surface area contributed by atoms with Gasteiger partial charge >= 0.3 is 0 Å². The van der Waals surface area contributed by atoms with E-state index in [1.165, 1.54) is 4.52 Å². The van der Waals surface area contributed by atoms with E-state index in [2.05, 4.69) is 15.4 Å². The van der Waals surface area contributed by atoms with Gasteiger partial charge in [0.05, 0.1) is 12.2 Å². The fourth-order valence-electron chi connectivity index (χ4n) is 2.06. The second-order valence-corrected chi connectivity index (χ2v) is 5.90. The minimum Gasteiger partial charge on any atom is -0.343 e. The third-order valence-corrected chi connectivity index (χ3v) is 4.31. The maximum absolute atomic E-state index is 12.3. The molecule has 0 bridgehead atoms. The molecule has 1 amide bonds. The lowest BCUT2D eigenvalue weighted by Crippen LogP contribution is -2.27. The standard InChI is InChI=1S/C14H13ClN4OS/c1-2-9(11-4-3-7-21-11)17-14(20)10-8-19-13(16-10)6-5-12(15)18-19/h3-9H,2H2,1H3,(H,17,20)/t9-/m0/s1. The third-order valence-electron chi connectivity index (χ3n) is 3.12. The molecule has 3 aromatic heterocycles. The second kappa shape index (κ2) is 5.83. The summed E-state index contributed by atoms with van der Waals surface area (Å²) in [6, 6.07) is 7.36. The van der Waals surface area contributed by atoms with Gasteiger partial charge in [0.1, 0.15) is 10.8 Å². The first-order valence-corrected chi connectivity index (χ1v) is 7.79. The molecule has 1 atom stereocenters. The summed E-state index contributed by atoms with van der Waals surface area (Å²) in [6.45, 7) is 2.04. The lowest BCUT2D eigenvalue weighted by molar-refractivity contribution is 0.0932. The van der Waals surface area contributed by atoms with Gasteiger partial charge in [-0.1, -0.05) is 24.6 Å². The SMILES string of the molecule is CC[C@H](NC(=O)c1cn2nc(Cl)ccc2n1)c1cccs1. The molecule has 0 saturated carbocycles. The Bertz CT molecular complexity index is 768. The van der Waals surface area contributed by atoms with E-state index in [1.54, 1.807) is 29.7 Å². The first-order valence-electron chi connectivity index (χ1n) is 6.53. The molecule has 0 aliphatic rings. The summed E-state index contributed by atoms with van der Waals surface area (Å²) in [5.41, 5.74) is 0.925. The molecule has 0 spiro atoms. The molecule has 108 valence electrons. The zero-order valence-electron chi connectivity index (χ0n) is 11.3. The number of hydrogen-bond donors (Lipinski definition) is 1. The highest BCUT2D eigenvalue weighted by Gasteiger charge is 2.17. The van der Waals surface area contributed by atoms with Crippen LogP contribution in [0.1, 0.15) is 34.8 Å². The number of halogens is 1. The van der Waals surface area contributed by atoms with E-state index in [9.17, 15) is 4.79 Å². The van der Waals surface area contributed by atoms with Gasteiger partial charge in [0.2, 0.25) is 0 Å². The number of fused-ring (bicyclic) bond motifs is 1. The Labute approximate surface area is 130 Å². The van der Waals surface area contributed by atoms with Gasteiger partial charge in [-0.25, -0.2) is 9.50 Å². The molecule has 3 heterocycles. The Morgan fingerprint density at radius 2 is 2.33 bits per heavy atom. The topological polar surface area (TPSA) is 59.3 Å². The number of rotatable bonds is 4. The van der Waals surface area contributed by atoms with Gasteiger partial charge < -0.3 is 5.32 Å². The number of thiophene rings is 1. The van der Waals surface area contributed by atoms with Crippen molar-refractivity contribution in [2.75, 3.05) is 0 Å². The van der Waals surface area contributed by atoms with Crippen LogP contribution in [0.2, 0.25) is 5.15 Å². The van der Waals surface area contributed by atoms with Gasteiger partial charge in [0, 0.05) is 4.88 Å². The Morgan fingerprint density at radius 3 is 3.05 bits per heavy atom. The summed E-state index contributed by atoms with van der Waals surface area (Å²) in [6.07, 6.45) is 2.40. The second-order valence-electron chi connectivity index (χ2n) is 4.53. The minimum absolute atomic E-state index is 0.00106. The van der Waals surface area contributed by atoms with Crippen LogP contribution in [0, 0.1) is 0 Å². The van der Waals surface area contributed by atoms with Crippen molar-refractivity contribution in [2.45, 2.75) is 19.4 Å². The highest BCUT2D eigenvalue weighted by molar-refractivity contribution is 7.10. The van der Waals surface area contributed by atoms with Crippen LogP contribution in [0.25, 0.3) is 5.65 Å². The van der Waals surface area contributed by atoms with Gasteiger partial charge in [-0.3, -0.25) is 4.79 Å². The molecule has 0 saturated heterocycles. The van der Waals surface area contributed by atoms with Gasteiger partial charge in [0.25, 0.3) is 5.91 Å². The molecule has 5 nitrogen and oxygen atoms in total. The Morgan fingerprint density at radius 1 is 1.48 bits per heavy atom. The van der Waals surface area contributed by atoms with E-state index < -0.39 is 0 Å². The number of amides is 1. The molecular formula is C14H13ClN4OS. The zero-order valence-corrected chi connectivity index (χ0v) is 12.9. The molecule has 1 N–H and O–H groups in total. The Hall–Kier alpha value is -1.92. The average Bonchev–Trinajstić information content (AvgIpc) is 3.12. The zero-order chi connectivity index (χ0) is 14.8. The summed E-state index contributed by atoms with van der Waals surface area (Å²) < 4.78 is 1.50. The fourth-order valence-corrected chi connectivity index (χ4v) is 3.07. The van der Waals surface area contributed by atoms with Crippen molar-refractivity contribution >= 4 is 34.5 Å². The van der Waals surface area contributed by atoms with Crippen LogP contribution in [0.4, 0.5) is 0 Å². The molecule has 0 fully saturated rings. The number of nitrogens with one attached hydrogen (secondary N) is 1. The summed E-state index contributed by atoms with van der Waals surface area (Å²) in [5, 5.41) is 9.42. The van der Waals surface area contributed by atoms with Crippen molar-refractivity contribution in [3.63, 3.8) is 0 Å². The van der Waals surface area contributed by atoms with Crippen molar-refractivity contribution in [1.82, 2.24) is 19.9 Å². The number of hydrogen-bond acceptors (Lipinski definition) is 4. The highest BCUT2D eigenvalue weighted by atomic mass is 35.5.